The third kappa shape index (κ3) is 2.72. The zero-order valence-electron chi connectivity index (χ0n) is 17.0. The largest absolute Gasteiger partial charge is 0.395 e. The van der Waals surface area contributed by atoms with Crippen LogP contribution in [0.1, 0.15) is 45.4 Å². The van der Waals surface area contributed by atoms with Gasteiger partial charge in [-0.1, -0.05) is 36.2 Å². The van der Waals surface area contributed by atoms with Crippen LogP contribution in [0.25, 0.3) is 5.70 Å². The number of halogens is 1. The Bertz CT molecular complexity index is 868. The molecule has 7 atom stereocenters. The molecule has 0 radical (unpaired) electrons. The molecule has 1 aromatic heterocycles. The van der Waals surface area contributed by atoms with E-state index >= 15 is 0 Å². The van der Waals surface area contributed by atoms with E-state index in [1.165, 1.54) is 5.57 Å². The molecule has 4 aliphatic carbocycles. The summed E-state index contributed by atoms with van der Waals surface area (Å²) < 4.78 is 2.06. The summed E-state index contributed by atoms with van der Waals surface area (Å²) in [5, 5.41) is 32.9. The van der Waals surface area contributed by atoms with Crippen LogP contribution in [0.2, 0.25) is 0 Å². The fourth-order valence-corrected chi connectivity index (χ4v) is 7.73. The first-order valence-electron chi connectivity index (χ1n) is 10.9. The molecule has 5 rings (SSSR count). The Morgan fingerprint density at radius 2 is 1.83 bits per heavy atom. The summed E-state index contributed by atoms with van der Waals surface area (Å²) in [5.74, 6) is 0.563. The van der Waals surface area contributed by atoms with Gasteiger partial charge in [0.25, 0.3) is 0 Å². The summed E-state index contributed by atoms with van der Waals surface area (Å²) in [7, 11) is 0. The first kappa shape index (κ1) is 19.7. The third-order valence-electron chi connectivity index (χ3n) is 8.69. The van der Waals surface area contributed by atoms with Crippen LogP contribution in [0, 0.1) is 28.6 Å². The van der Waals surface area contributed by atoms with Gasteiger partial charge >= 0.3 is 0 Å². The van der Waals surface area contributed by atoms with Gasteiger partial charge in [0.1, 0.15) is 0 Å². The average molecular weight is 417 g/mol. The zero-order chi connectivity index (χ0) is 20.4. The van der Waals surface area contributed by atoms with Gasteiger partial charge in [-0.2, -0.15) is 4.57 Å². The van der Waals surface area contributed by atoms with Gasteiger partial charge in [-0.15, -0.1) is 0 Å². The number of fused-ring (bicyclic) bond motifs is 5. The van der Waals surface area contributed by atoms with Gasteiger partial charge < -0.3 is 15.3 Å². The predicted octanol–water partition coefficient (Wildman–Crippen LogP) is 3.26. The number of aromatic nitrogens is 1. The molecule has 0 bridgehead atoms. The maximum Gasteiger partial charge on any atom is 0.210 e. The van der Waals surface area contributed by atoms with Crippen LogP contribution in [-0.2, 0) is 0 Å². The van der Waals surface area contributed by atoms with Crippen LogP contribution in [0.3, 0.4) is 0 Å². The van der Waals surface area contributed by atoms with E-state index in [0.29, 0.717) is 18.8 Å². The van der Waals surface area contributed by atoms with Crippen LogP contribution >= 0.6 is 11.6 Å². The number of aliphatic hydroxyl groups excluding tert-OH is 3. The highest BCUT2D eigenvalue weighted by molar-refractivity contribution is 6.32. The molecule has 2 fully saturated rings. The topological polar surface area (TPSA) is 64.6 Å². The molecule has 0 amide bonds. The van der Waals surface area contributed by atoms with Crippen molar-refractivity contribution in [2.45, 2.75) is 57.7 Å². The van der Waals surface area contributed by atoms with Crippen molar-refractivity contribution in [3.05, 3.63) is 47.3 Å². The highest BCUT2D eigenvalue weighted by Crippen LogP contribution is 2.66. The van der Waals surface area contributed by atoms with E-state index in [2.05, 4.69) is 11.5 Å². The van der Waals surface area contributed by atoms with E-state index in [1.54, 1.807) is 0 Å². The summed E-state index contributed by atoms with van der Waals surface area (Å²) in [6.45, 7) is 2.38. The van der Waals surface area contributed by atoms with Gasteiger partial charge in [0.05, 0.1) is 29.3 Å². The van der Waals surface area contributed by atoms with Crippen molar-refractivity contribution in [2.24, 2.45) is 28.6 Å². The van der Waals surface area contributed by atoms with E-state index in [0.717, 1.165) is 36.4 Å². The zero-order valence-corrected chi connectivity index (χ0v) is 17.7. The predicted molar refractivity (Wildman–Crippen MR) is 112 cm³/mol. The lowest BCUT2D eigenvalue weighted by molar-refractivity contribution is -0.591. The summed E-state index contributed by atoms with van der Waals surface area (Å²) in [4.78, 5) is 0. The average Bonchev–Trinajstić information content (AvgIpc) is 3.02. The number of aliphatic hydroxyl groups is 3. The van der Waals surface area contributed by atoms with Gasteiger partial charge in [-0.05, 0) is 61.7 Å². The summed E-state index contributed by atoms with van der Waals surface area (Å²) in [6.07, 6.45) is 10.2. The molecule has 0 unspecified atom stereocenters. The lowest BCUT2D eigenvalue weighted by atomic mass is 9.47. The quantitative estimate of drug-likeness (QED) is 0.512. The molecule has 1 aromatic rings. The van der Waals surface area contributed by atoms with E-state index in [-0.39, 0.29) is 30.0 Å². The Morgan fingerprint density at radius 3 is 2.55 bits per heavy atom. The van der Waals surface area contributed by atoms with Gasteiger partial charge in [-0.25, -0.2) is 0 Å². The van der Waals surface area contributed by atoms with Gasteiger partial charge in [0, 0.05) is 12.1 Å². The molecule has 0 spiro atoms. The second-order valence-electron chi connectivity index (χ2n) is 9.88. The maximum atomic E-state index is 11.2. The number of pyridine rings is 1. The van der Waals surface area contributed by atoms with E-state index in [1.807, 2.05) is 36.7 Å². The van der Waals surface area contributed by atoms with Crippen LogP contribution in [0.15, 0.2) is 47.3 Å². The number of allylic oxidation sites excluding steroid dienone is 1. The number of nitrogens with zero attached hydrogens (tertiary/aromatic N) is 1. The van der Waals surface area contributed by atoms with Crippen LogP contribution in [0.5, 0.6) is 0 Å². The molecule has 156 valence electrons. The van der Waals surface area contributed by atoms with Crippen molar-refractivity contribution in [1.82, 2.24) is 0 Å². The van der Waals surface area contributed by atoms with Crippen molar-refractivity contribution < 1.29 is 19.9 Å². The first-order valence-corrected chi connectivity index (χ1v) is 11.3. The fourth-order valence-electron chi connectivity index (χ4n) is 7.28. The second-order valence-corrected chi connectivity index (χ2v) is 10.3. The van der Waals surface area contributed by atoms with E-state index in [4.69, 9.17) is 11.6 Å². The SMILES string of the molecule is C[C@]12CC[C@H](O)CC1=C[C@H](O)[C@H]1[C@@H]3CC(Cl)=C([n+]4ccccc4)[C@@]3(CO)CC[C@@H]12. The third-order valence-corrected chi connectivity index (χ3v) is 9.03. The van der Waals surface area contributed by atoms with Crippen molar-refractivity contribution in [3.63, 3.8) is 0 Å². The molecule has 2 saturated carbocycles. The summed E-state index contributed by atoms with van der Waals surface area (Å²) in [5.41, 5.74) is 1.86. The molecule has 4 nitrogen and oxygen atoms in total. The standard InChI is InChI=1S/C24H31ClNO3/c1-23-7-5-16(28)11-15(23)12-20(29)21-17(23)6-8-24(14-27)18(21)13-19(25)22(24)26-9-3-2-4-10-26/h2-4,9-10,12,16-18,20-21,27-29H,5-8,11,13-14H2,1H3/q+1/t16-,17-,18-,20-,21+,23-,24+/m0/s1. The van der Waals surface area contributed by atoms with E-state index in [9.17, 15) is 15.3 Å². The van der Waals surface area contributed by atoms with E-state index < -0.39 is 11.5 Å². The molecule has 0 aromatic carbocycles. The molecule has 0 saturated heterocycles. The monoisotopic (exact) mass is 416 g/mol. The number of hydrogen-bond donors (Lipinski definition) is 3. The molecule has 3 N–H and O–H groups in total. The molecular weight excluding hydrogens is 386 g/mol. The Labute approximate surface area is 177 Å². The Morgan fingerprint density at radius 1 is 1.07 bits per heavy atom. The minimum Gasteiger partial charge on any atom is -0.395 e. The first-order chi connectivity index (χ1) is 13.9. The number of hydrogen-bond acceptors (Lipinski definition) is 3. The molecule has 4 aliphatic rings. The van der Waals surface area contributed by atoms with Gasteiger partial charge in [-0.3, -0.25) is 0 Å². The lowest BCUT2D eigenvalue weighted by Gasteiger charge is -2.58. The molecule has 5 heteroatoms. The minimum absolute atomic E-state index is 0.0276. The highest BCUT2D eigenvalue weighted by atomic mass is 35.5. The fraction of sp³-hybridized carbons (Fsp3) is 0.625. The Kier molecular flexibility index (Phi) is 4.71. The smallest absolute Gasteiger partial charge is 0.210 e. The van der Waals surface area contributed by atoms with Crippen LogP contribution in [0.4, 0.5) is 0 Å². The van der Waals surface area contributed by atoms with Crippen molar-refractivity contribution >= 4 is 17.3 Å². The second kappa shape index (κ2) is 6.91. The van der Waals surface area contributed by atoms with Gasteiger partial charge in [0.2, 0.25) is 5.70 Å². The van der Waals surface area contributed by atoms with Crippen LogP contribution < -0.4 is 4.57 Å². The summed E-state index contributed by atoms with van der Waals surface area (Å²) in [6, 6.07) is 5.95. The molecular formula is C24H31ClNO3+. The van der Waals surface area contributed by atoms with Crippen molar-refractivity contribution in [3.8, 4) is 0 Å². The Hall–Kier alpha value is -1.20. The summed E-state index contributed by atoms with van der Waals surface area (Å²) >= 11 is 6.84. The van der Waals surface area contributed by atoms with Gasteiger partial charge in [0.15, 0.2) is 12.4 Å². The molecule has 1 heterocycles. The number of rotatable bonds is 2. The lowest BCUT2D eigenvalue weighted by Crippen LogP contribution is -2.57. The molecule has 0 aliphatic heterocycles. The van der Waals surface area contributed by atoms with Crippen molar-refractivity contribution in [2.75, 3.05) is 6.61 Å². The highest BCUT2D eigenvalue weighted by Gasteiger charge is 2.64. The molecule has 29 heavy (non-hydrogen) atoms. The van der Waals surface area contributed by atoms with Crippen molar-refractivity contribution in [1.29, 1.82) is 0 Å². The Balaban J connectivity index is 1.57. The maximum absolute atomic E-state index is 11.2. The minimum atomic E-state index is -0.547. The normalized spacial score (nSPS) is 44.0. The van der Waals surface area contributed by atoms with Crippen LogP contribution in [-0.4, -0.2) is 34.1 Å².